The second kappa shape index (κ2) is 6.66. The molecule has 0 aliphatic heterocycles. The van der Waals surface area contributed by atoms with E-state index < -0.39 is 0 Å². The average molecular weight is 337 g/mol. The molecule has 4 rings (SSSR count). The van der Waals surface area contributed by atoms with Crippen molar-refractivity contribution in [1.82, 2.24) is 14.7 Å². The lowest BCUT2D eigenvalue weighted by Gasteiger charge is -2.34. The molecule has 132 valence electrons. The number of hydrogen-bond acceptors (Lipinski definition) is 2. The van der Waals surface area contributed by atoms with Gasteiger partial charge in [-0.2, -0.15) is 5.10 Å². The van der Waals surface area contributed by atoms with E-state index in [-0.39, 0.29) is 11.9 Å². The molecule has 25 heavy (non-hydrogen) atoms. The molecule has 1 aromatic heterocycles. The first-order valence-electron chi connectivity index (χ1n) is 9.55. The summed E-state index contributed by atoms with van der Waals surface area (Å²) in [4.78, 5) is 14.8. The lowest BCUT2D eigenvalue weighted by Crippen LogP contribution is -2.42. The maximum atomic E-state index is 12.7. The number of carbonyl (C=O) groups excluding carboxylic acids is 1. The van der Waals surface area contributed by atoms with Crippen LogP contribution in [0.2, 0.25) is 0 Å². The van der Waals surface area contributed by atoms with E-state index in [1.165, 1.54) is 47.2 Å². The number of fused-ring (bicyclic) bond motifs is 2. The molecule has 0 bridgehead atoms. The minimum atomic E-state index is 0.255. The quantitative estimate of drug-likeness (QED) is 0.859. The predicted octanol–water partition coefficient (Wildman–Crippen LogP) is 3.20. The van der Waals surface area contributed by atoms with Crippen LogP contribution in [0.3, 0.4) is 0 Å². The van der Waals surface area contributed by atoms with Gasteiger partial charge >= 0.3 is 0 Å². The second-order valence-corrected chi connectivity index (χ2v) is 7.50. The van der Waals surface area contributed by atoms with E-state index in [2.05, 4.69) is 34.4 Å². The van der Waals surface area contributed by atoms with E-state index >= 15 is 0 Å². The molecule has 2 aliphatic carbocycles. The minimum Gasteiger partial charge on any atom is -0.335 e. The van der Waals surface area contributed by atoms with Crippen LogP contribution in [0, 0.1) is 0 Å². The van der Waals surface area contributed by atoms with Crippen LogP contribution in [-0.4, -0.2) is 26.6 Å². The number of carbonyl (C=O) groups is 1. The fourth-order valence-electron chi connectivity index (χ4n) is 4.42. The van der Waals surface area contributed by atoms with Gasteiger partial charge in [0.1, 0.15) is 0 Å². The van der Waals surface area contributed by atoms with Gasteiger partial charge in [0.2, 0.25) is 5.91 Å². The van der Waals surface area contributed by atoms with Crippen molar-refractivity contribution in [2.75, 3.05) is 0 Å². The molecule has 1 unspecified atom stereocenters. The minimum absolute atomic E-state index is 0.255. The van der Waals surface area contributed by atoms with Crippen molar-refractivity contribution < 1.29 is 4.79 Å². The lowest BCUT2D eigenvalue weighted by atomic mass is 9.92. The highest BCUT2D eigenvalue weighted by Crippen LogP contribution is 2.27. The molecular weight excluding hydrogens is 310 g/mol. The van der Waals surface area contributed by atoms with E-state index in [1.54, 1.807) is 0 Å². The predicted molar refractivity (Wildman–Crippen MR) is 98.3 cm³/mol. The van der Waals surface area contributed by atoms with Gasteiger partial charge in [-0.25, -0.2) is 0 Å². The van der Waals surface area contributed by atoms with Crippen molar-refractivity contribution in [3.8, 4) is 0 Å². The van der Waals surface area contributed by atoms with Gasteiger partial charge in [-0.15, -0.1) is 0 Å². The van der Waals surface area contributed by atoms with Crippen LogP contribution in [0.15, 0.2) is 24.4 Å². The molecule has 2 aliphatic rings. The Bertz CT molecular complexity index is 792. The Balaban J connectivity index is 1.55. The van der Waals surface area contributed by atoms with Gasteiger partial charge in [0.05, 0.1) is 5.69 Å². The topological polar surface area (TPSA) is 38.1 Å². The van der Waals surface area contributed by atoms with Crippen molar-refractivity contribution in [3.63, 3.8) is 0 Å². The van der Waals surface area contributed by atoms with Gasteiger partial charge in [0.25, 0.3) is 0 Å². The third-order valence-corrected chi connectivity index (χ3v) is 5.75. The summed E-state index contributed by atoms with van der Waals surface area (Å²) < 4.78 is 1.90. The number of rotatable bonds is 4. The summed E-state index contributed by atoms with van der Waals surface area (Å²) in [5.41, 5.74) is 6.76. The van der Waals surface area contributed by atoms with Crippen molar-refractivity contribution >= 4 is 5.91 Å². The van der Waals surface area contributed by atoms with Crippen LogP contribution in [0.25, 0.3) is 0 Å². The first-order chi connectivity index (χ1) is 12.1. The first-order valence-corrected chi connectivity index (χ1v) is 9.55. The molecule has 4 heteroatoms. The standard InChI is InChI=1S/C21H27N3O/c1-3-21(25)24(13-15-7-8-16-5-4-6-17(16)11-15)19-10-9-18-14-23(2)22-20(18)12-19/h7-8,11,14,19H,3-6,9-10,12-13H2,1-2H3. The molecule has 0 spiro atoms. The molecule has 0 N–H and O–H groups in total. The van der Waals surface area contributed by atoms with Crippen LogP contribution in [-0.2, 0) is 44.1 Å². The molecule has 0 radical (unpaired) electrons. The maximum absolute atomic E-state index is 12.7. The highest BCUT2D eigenvalue weighted by Gasteiger charge is 2.29. The summed E-state index contributed by atoms with van der Waals surface area (Å²) in [5.74, 6) is 0.255. The van der Waals surface area contributed by atoms with Crippen molar-refractivity contribution in [1.29, 1.82) is 0 Å². The Kier molecular flexibility index (Phi) is 4.36. The molecule has 1 atom stereocenters. The second-order valence-electron chi connectivity index (χ2n) is 7.50. The Morgan fingerprint density at radius 2 is 2.08 bits per heavy atom. The van der Waals surface area contributed by atoms with Crippen LogP contribution < -0.4 is 0 Å². The Hall–Kier alpha value is -2.10. The lowest BCUT2D eigenvalue weighted by molar-refractivity contribution is -0.134. The number of benzene rings is 1. The number of hydrogen-bond donors (Lipinski definition) is 0. The van der Waals surface area contributed by atoms with Gasteiger partial charge in [0.15, 0.2) is 0 Å². The largest absolute Gasteiger partial charge is 0.335 e. The molecule has 1 heterocycles. The van der Waals surface area contributed by atoms with E-state index in [1.807, 2.05) is 18.7 Å². The third kappa shape index (κ3) is 3.22. The summed E-state index contributed by atoms with van der Waals surface area (Å²) in [7, 11) is 1.98. The van der Waals surface area contributed by atoms with Crippen LogP contribution in [0.1, 0.15) is 54.1 Å². The number of aromatic nitrogens is 2. The Labute approximate surface area is 149 Å². The van der Waals surface area contributed by atoms with Crippen molar-refractivity contribution in [3.05, 3.63) is 52.3 Å². The van der Waals surface area contributed by atoms with Crippen LogP contribution >= 0.6 is 0 Å². The molecular formula is C21H27N3O. The van der Waals surface area contributed by atoms with Gasteiger partial charge < -0.3 is 4.90 Å². The van der Waals surface area contributed by atoms with Gasteiger partial charge in [-0.05, 0) is 54.4 Å². The monoisotopic (exact) mass is 337 g/mol. The maximum Gasteiger partial charge on any atom is 0.222 e. The van der Waals surface area contributed by atoms with E-state index in [9.17, 15) is 4.79 Å². The number of amides is 1. The first kappa shape index (κ1) is 16.4. The summed E-state index contributed by atoms with van der Waals surface area (Å²) in [6.07, 6.45) is 9.29. The fourth-order valence-corrected chi connectivity index (χ4v) is 4.42. The number of aryl methyl sites for hydroxylation is 4. The summed E-state index contributed by atoms with van der Waals surface area (Å²) in [6.45, 7) is 2.69. The van der Waals surface area contributed by atoms with Gasteiger partial charge in [-0.3, -0.25) is 9.48 Å². The highest BCUT2D eigenvalue weighted by atomic mass is 16.2. The molecule has 0 fully saturated rings. The van der Waals surface area contributed by atoms with E-state index in [4.69, 9.17) is 0 Å². The molecule has 4 nitrogen and oxygen atoms in total. The zero-order valence-electron chi connectivity index (χ0n) is 15.3. The summed E-state index contributed by atoms with van der Waals surface area (Å²) in [5, 5.41) is 4.60. The zero-order valence-corrected chi connectivity index (χ0v) is 15.3. The van der Waals surface area contributed by atoms with Gasteiger partial charge in [0, 0.05) is 38.7 Å². The zero-order chi connectivity index (χ0) is 17.4. The smallest absolute Gasteiger partial charge is 0.222 e. The molecule has 0 saturated heterocycles. The van der Waals surface area contributed by atoms with Crippen LogP contribution in [0.4, 0.5) is 0 Å². The molecule has 0 saturated carbocycles. The highest BCUT2D eigenvalue weighted by molar-refractivity contribution is 5.76. The summed E-state index contributed by atoms with van der Waals surface area (Å²) in [6, 6.07) is 7.08. The summed E-state index contributed by atoms with van der Waals surface area (Å²) >= 11 is 0. The van der Waals surface area contributed by atoms with Gasteiger partial charge in [-0.1, -0.05) is 25.1 Å². The Morgan fingerprint density at radius 1 is 1.24 bits per heavy atom. The SMILES string of the molecule is CCC(=O)N(Cc1ccc2c(c1)CCC2)C1CCc2cn(C)nc2C1. The van der Waals surface area contributed by atoms with E-state index in [0.717, 1.165) is 25.8 Å². The molecule has 1 aromatic carbocycles. The molecule has 2 aromatic rings. The fraction of sp³-hybridized carbons (Fsp3) is 0.524. The normalized spacial score (nSPS) is 18.7. The average Bonchev–Trinajstić information content (AvgIpc) is 3.22. The van der Waals surface area contributed by atoms with E-state index in [0.29, 0.717) is 6.42 Å². The van der Waals surface area contributed by atoms with Crippen molar-refractivity contribution in [2.45, 2.75) is 64.5 Å². The van der Waals surface area contributed by atoms with Crippen molar-refractivity contribution in [2.24, 2.45) is 7.05 Å². The molecule has 1 amide bonds. The Morgan fingerprint density at radius 3 is 2.92 bits per heavy atom. The van der Waals surface area contributed by atoms with Crippen LogP contribution in [0.5, 0.6) is 0 Å². The number of nitrogens with zero attached hydrogens (tertiary/aromatic N) is 3. The third-order valence-electron chi connectivity index (χ3n) is 5.75.